The summed E-state index contributed by atoms with van der Waals surface area (Å²) in [6, 6.07) is 15.4. The van der Waals surface area contributed by atoms with E-state index in [1.165, 1.54) is 42.0 Å². The number of piperidine rings is 1. The number of rotatable bonds is 5. The number of fused-ring (bicyclic) bond motifs is 6. The van der Waals surface area contributed by atoms with Crippen molar-refractivity contribution in [2.75, 3.05) is 19.6 Å². The summed E-state index contributed by atoms with van der Waals surface area (Å²) >= 11 is 0. The molecule has 1 saturated heterocycles. The molecule has 4 unspecified atom stereocenters. The number of likely N-dealkylation sites (tertiary alicyclic amines) is 1. The first kappa shape index (κ1) is 23.6. The molecule has 7 rings (SSSR count). The molecule has 2 heterocycles. The van der Waals surface area contributed by atoms with Gasteiger partial charge in [0.25, 0.3) is 0 Å². The van der Waals surface area contributed by atoms with Crippen LogP contribution >= 0.6 is 0 Å². The number of aliphatic hydroxyl groups is 2. The molecule has 3 aromatic rings. The van der Waals surface area contributed by atoms with Crippen molar-refractivity contribution in [1.82, 2.24) is 9.47 Å². The molecule has 2 aromatic carbocycles. The maximum absolute atomic E-state index is 11.0. The van der Waals surface area contributed by atoms with E-state index in [0.29, 0.717) is 41.8 Å². The molecule has 1 aliphatic heterocycles. The average Bonchev–Trinajstić information content (AvgIpc) is 3.66. The fourth-order valence-electron chi connectivity index (χ4n) is 8.34. The lowest BCUT2D eigenvalue weighted by Crippen LogP contribution is -2.38. The van der Waals surface area contributed by atoms with Crippen LogP contribution in [0.1, 0.15) is 73.0 Å². The lowest BCUT2D eigenvalue weighted by atomic mass is 9.85. The van der Waals surface area contributed by atoms with Gasteiger partial charge < -0.3 is 25.3 Å². The highest BCUT2D eigenvalue weighted by Gasteiger charge is 2.54. The zero-order valence-corrected chi connectivity index (χ0v) is 21.3. The van der Waals surface area contributed by atoms with Crippen molar-refractivity contribution in [1.29, 1.82) is 0 Å². The fourth-order valence-corrected chi connectivity index (χ4v) is 8.34. The standard InChI is InChI=1S/C31H38N2O4/c34-28-24-15-25(29(28)35)27-26(24)30(36)33(31(27)37)17-21-8-3-7-20(21)16-32-13-11-19(12-14-32)23-10-4-6-18-5-1-2-9-22(18)23/h1-2,4-6,9-10,19-21,24-25,28-29,34-37H,3,7-8,11-17H2/t20-,21-,24?,25?,28?,29?/m1/s1. The molecule has 37 heavy (non-hydrogen) atoms. The van der Waals surface area contributed by atoms with Gasteiger partial charge in [-0.15, -0.1) is 0 Å². The van der Waals surface area contributed by atoms with Gasteiger partial charge in [0.15, 0.2) is 11.8 Å². The molecule has 3 aliphatic carbocycles. The summed E-state index contributed by atoms with van der Waals surface area (Å²) in [5.74, 6) is 1.23. The molecule has 1 aromatic heterocycles. The van der Waals surface area contributed by atoms with Crippen LogP contribution in [0.2, 0.25) is 0 Å². The van der Waals surface area contributed by atoms with Crippen LogP contribution in [0, 0.1) is 11.8 Å². The molecule has 2 saturated carbocycles. The van der Waals surface area contributed by atoms with E-state index >= 15 is 0 Å². The van der Waals surface area contributed by atoms with Crippen molar-refractivity contribution < 1.29 is 20.4 Å². The van der Waals surface area contributed by atoms with Crippen molar-refractivity contribution in [3.8, 4) is 11.8 Å². The first-order valence-electron chi connectivity index (χ1n) is 14.2. The third-order valence-corrected chi connectivity index (χ3v) is 10.3. The number of nitrogens with zero attached hydrogens (tertiary/aromatic N) is 2. The van der Waals surface area contributed by atoms with Crippen LogP contribution in [0.25, 0.3) is 10.8 Å². The Kier molecular flexibility index (Phi) is 5.76. The van der Waals surface area contributed by atoms with Gasteiger partial charge in [-0.1, -0.05) is 48.9 Å². The Morgan fingerprint density at radius 3 is 2.05 bits per heavy atom. The molecule has 196 valence electrons. The van der Waals surface area contributed by atoms with Gasteiger partial charge in [-0.2, -0.15) is 0 Å². The van der Waals surface area contributed by atoms with Gasteiger partial charge in [-0.3, -0.25) is 4.57 Å². The molecule has 6 atom stereocenters. The van der Waals surface area contributed by atoms with Crippen LogP contribution in [0.4, 0.5) is 0 Å². The number of aromatic hydroxyl groups is 2. The molecule has 4 aliphatic rings. The molecule has 0 spiro atoms. The van der Waals surface area contributed by atoms with Crippen molar-refractivity contribution in [2.45, 2.75) is 75.0 Å². The number of aliphatic hydroxyl groups excluding tert-OH is 2. The number of hydrogen-bond donors (Lipinski definition) is 4. The first-order valence-corrected chi connectivity index (χ1v) is 14.2. The van der Waals surface area contributed by atoms with Gasteiger partial charge >= 0.3 is 0 Å². The van der Waals surface area contributed by atoms with E-state index in [0.717, 1.165) is 26.1 Å². The van der Waals surface area contributed by atoms with Crippen molar-refractivity contribution in [3.63, 3.8) is 0 Å². The summed E-state index contributed by atoms with van der Waals surface area (Å²) in [5, 5.41) is 45.5. The molecule has 6 nitrogen and oxygen atoms in total. The summed E-state index contributed by atoms with van der Waals surface area (Å²) in [6.45, 7) is 3.92. The largest absolute Gasteiger partial charge is 0.494 e. The van der Waals surface area contributed by atoms with Gasteiger partial charge in [0, 0.05) is 36.1 Å². The van der Waals surface area contributed by atoms with Crippen LogP contribution in [0.5, 0.6) is 11.8 Å². The van der Waals surface area contributed by atoms with Gasteiger partial charge in [0.2, 0.25) is 0 Å². The van der Waals surface area contributed by atoms with Gasteiger partial charge in [-0.05, 0) is 79.3 Å². The van der Waals surface area contributed by atoms with Gasteiger partial charge in [0.1, 0.15) is 0 Å². The normalized spacial score (nSPS) is 31.9. The summed E-state index contributed by atoms with van der Waals surface area (Å²) < 4.78 is 1.67. The quantitative estimate of drug-likeness (QED) is 0.408. The zero-order valence-electron chi connectivity index (χ0n) is 21.3. The maximum Gasteiger partial charge on any atom is 0.197 e. The second kappa shape index (κ2) is 9.04. The van der Waals surface area contributed by atoms with Crippen molar-refractivity contribution >= 4 is 10.8 Å². The fraction of sp³-hybridized carbons (Fsp3) is 0.548. The third-order valence-electron chi connectivity index (χ3n) is 10.3. The monoisotopic (exact) mass is 502 g/mol. The second-order valence-corrected chi connectivity index (χ2v) is 12.1. The van der Waals surface area contributed by atoms with E-state index in [4.69, 9.17) is 0 Å². The molecule has 2 bridgehead atoms. The van der Waals surface area contributed by atoms with Crippen LogP contribution in [0.15, 0.2) is 42.5 Å². The highest BCUT2D eigenvalue weighted by Crippen LogP contribution is 2.60. The Morgan fingerprint density at radius 1 is 0.730 bits per heavy atom. The molecule has 4 N–H and O–H groups in total. The maximum atomic E-state index is 11.0. The lowest BCUT2D eigenvalue weighted by molar-refractivity contribution is 0.0211. The van der Waals surface area contributed by atoms with E-state index in [1.54, 1.807) is 4.57 Å². The van der Waals surface area contributed by atoms with Crippen LogP contribution in [-0.2, 0) is 6.54 Å². The minimum Gasteiger partial charge on any atom is -0.494 e. The predicted molar refractivity (Wildman–Crippen MR) is 143 cm³/mol. The second-order valence-electron chi connectivity index (χ2n) is 12.1. The Hall–Kier alpha value is -2.54. The van der Waals surface area contributed by atoms with Crippen molar-refractivity contribution in [3.05, 3.63) is 59.2 Å². The van der Waals surface area contributed by atoms with Gasteiger partial charge in [0.05, 0.1) is 12.2 Å². The zero-order chi connectivity index (χ0) is 25.3. The highest BCUT2D eigenvalue weighted by molar-refractivity contribution is 5.86. The van der Waals surface area contributed by atoms with E-state index < -0.39 is 12.2 Å². The average molecular weight is 503 g/mol. The van der Waals surface area contributed by atoms with Crippen LogP contribution < -0.4 is 0 Å². The first-order chi connectivity index (χ1) is 18.0. The molecular formula is C31H38N2O4. The Labute approximate surface area is 218 Å². The van der Waals surface area contributed by atoms with E-state index in [1.807, 2.05) is 0 Å². The summed E-state index contributed by atoms with van der Waals surface area (Å²) in [6.07, 6.45) is 4.76. The van der Waals surface area contributed by atoms with E-state index in [-0.39, 0.29) is 23.6 Å². The number of hydrogen-bond acceptors (Lipinski definition) is 5. The molecule has 0 amide bonds. The Balaban J connectivity index is 1.02. The summed E-state index contributed by atoms with van der Waals surface area (Å²) in [5.41, 5.74) is 2.84. The smallest absolute Gasteiger partial charge is 0.197 e. The van der Waals surface area contributed by atoms with Crippen LogP contribution in [0.3, 0.4) is 0 Å². The minimum atomic E-state index is -0.852. The van der Waals surface area contributed by atoms with E-state index in [2.05, 4.69) is 47.4 Å². The van der Waals surface area contributed by atoms with Crippen molar-refractivity contribution in [2.24, 2.45) is 11.8 Å². The molecule has 0 radical (unpaired) electrons. The Morgan fingerprint density at radius 2 is 1.35 bits per heavy atom. The number of aromatic nitrogens is 1. The molecule has 6 heteroatoms. The Bertz CT molecular complexity index is 1270. The van der Waals surface area contributed by atoms with Crippen LogP contribution in [-0.4, -0.2) is 61.7 Å². The predicted octanol–water partition coefficient (Wildman–Crippen LogP) is 4.65. The minimum absolute atomic E-state index is 0.104. The third kappa shape index (κ3) is 3.71. The highest BCUT2D eigenvalue weighted by atomic mass is 16.3. The summed E-state index contributed by atoms with van der Waals surface area (Å²) in [4.78, 5) is 2.63. The molecular weight excluding hydrogens is 464 g/mol. The van der Waals surface area contributed by atoms with E-state index in [9.17, 15) is 20.4 Å². The lowest BCUT2D eigenvalue weighted by Gasteiger charge is -2.35. The SMILES string of the molecule is Oc1c2c(c(O)n1C[C@H]1CCC[C@@H]1CN1CCC(c3cccc4ccccc34)CC1)C1CC2C(O)C1O. The summed E-state index contributed by atoms with van der Waals surface area (Å²) in [7, 11) is 0. The molecule has 3 fully saturated rings. The number of benzene rings is 2. The van der Waals surface area contributed by atoms with Gasteiger partial charge in [-0.25, -0.2) is 0 Å². The topological polar surface area (TPSA) is 89.1 Å².